The first-order chi connectivity index (χ1) is 6.79. The van der Waals surface area contributed by atoms with E-state index in [2.05, 4.69) is 38.9 Å². The van der Waals surface area contributed by atoms with Gasteiger partial charge in [-0.1, -0.05) is 23.5 Å². The summed E-state index contributed by atoms with van der Waals surface area (Å²) in [6, 6.07) is 9.47. The molecule has 0 atom stereocenters. The average Bonchev–Trinajstić information content (AvgIpc) is 2.65. The van der Waals surface area contributed by atoms with E-state index in [9.17, 15) is 0 Å². The second kappa shape index (κ2) is 4.02. The van der Waals surface area contributed by atoms with Crippen LogP contribution in [-0.4, -0.2) is 10.2 Å². The van der Waals surface area contributed by atoms with Crippen LogP contribution in [0, 0.1) is 14.3 Å². The van der Waals surface area contributed by atoms with Gasteiger partial charge in [0, 0.05) is 5.56 Å². The molecule has 2 rings (SSSR count). The Hall–Kier alpha value is -1.000. The van der Waals surface area contributed by atoms with Crippen LogP contribution in [0.15, 0.2) is 24.3 Å². The normalized spacial score (nSPS) is 9.71. The standard InChI is InChI=1S/C9H4IN3S/c10-9-13-12-8(14-9)7-3-1-2-6(4-7)5-11/h1-4H. The SMILES string of the molecule is N#Cc1cccc(-c2nnc(I)s2)c1. The molecule has 0 aliphatic rings. The largest absolute Gasteiger partial charge is 0.192 e. The molecule has 3 nitrogen and oxygen atoms in total. The number of hydrogen-bond acceptors (Lipinski definition) is 4. The van der Waals surface area contributed by atoms with Crippen LogP contribution in [0.2, 0.25) is 0 Å². The van der Waals surface area contributed by atoms with E-state index in [0.29, 0.717) is 5.56 Å². The minimum absolute atomic E-state index is 0.646. The first-order valence-electron chi connectivity index (χ1n) is 3.79. The van der Waals surface area contributed by atoms with Crippen molar-refractivity contribution in [3.05, 3.63) is 32.8 Å². The number of rotatable bonds is 1. The second-order valence-electron chi connectivity index (χ2n) is 2.55. The van der Waals surface area contributed by atoms with Crippen LogP contribution in [0.5, 0.6) is 0 Å². The minimum atomic E-state index is 0.646. The molecule has 0 amide bonds. The van der Waals surface area contributed by atoms with Crippen molar-refractivity contribution in [2.24, 2.45) is 0 Å². The van der Waals surface area contributed by atoms with Crippen molar-refractivity contribution < 1.29 is 0 Å². The van der Waals surface area contributed by atoms with E-state index in [1.165, 1.54) is 11.3 Å². The van der Waals surface area contributed by atoms with Crippen LogP contribution in [0.3, 0.4) is 0 Å². The van der Waals surface area contributed by atoms with E-state index in [4.69, 9.17) is 5.26 Å². The molecule has 5 heteroatoms. The molecule has 2 aromatic rings. The highest BCUT2D eigenvalue weighted by atomic mass is 127. The van der Waals surface area contributed by atoms with Crippen molar-refractivity contribution in [1.29, 1.82) is 5.26 Å². The molecule has 0 saturated carbocycles. The Labute approximate surface area is 98.6 Å². The highest BCUT2D eigenvalue weighted by Gasteiger charge is 2.04. The monoisotopic (exact) mass is 313 g/mol. The van der Waals surface area contributed by atoms with Gasteiger partial charge in [0.15, 0.2) is 3.01 Å². The van der Waals surface area contributed by atoms with Gasteiger partial charge in [0.05, 0.1) is 11.6 Å². The fourth-order valence-electron chi connectivity index (χ4n) is 1.04. The van der Waals surface area contributed by atoms with Crippen molar-refractivity contribution in [1.82, 2.24) is 10.2 Å². The lowest BCUT2D eigenvalue weighted by atomic mass is 10.1. The summed E-state index contributed by atoms with van der Waals surface area (Å²) < 4.78 is 0.903. The molecule has 0 saturated heterocycles. The summed E-state index contributed by atoms with van der Waals surface area (Å²) in [7, 11) is 0. The number of aromatic nitrogens is 2. The molecule has 0 bridgehead atoms. The highest BCUT2D eigenvalue weighted by Crippen LogP contribution is 2.24. The van der Waals surface area contributed by atoms with Gasteiger partial charge >= 0.3 is 0 Å². The molecule has 0 fully saturated rings. The maximum atomic E-state index is 8.73. The van der Waals surface area contributed by atoms with Gasteiger partial charge in [-0.3, -0.25) is 0 Å². The van der Waals surface area contributed by atoms with Crippen molar-refractivity contribution in [2.45, 2.75) is 0 Å². The second-order valence-corrected chi connectivity index (χ2v) is 5.28. The van der Waals surface area contributed by atoms with Gasteiger partial charge in [0.2, 0.25) is 0 Å². The molecule has 68 valence electrons. The number of nitrogens with zero attached hydrogens (tertiary/aromatic N) is 3. The third kappa shape index (κ3) is 1.91. The fraction of sp³-hybridized carbons (Fsp3) is 0. The maximum Gasteiger partial charge on any atom is 0.178 e. The van der Waals surface area contributed by atoms with Gasteiger partial charge in [-0.25, -0.2) is 0 Å². The van der Waals surface area contributed by atoms with E-state index in [1.54, 1.807) is 6.07 Å². The number of halogens is 1. The molecule has 0 radical (unpaired) electrons. The van der Waals surface area contributed by atoms with Crippen molar-refractivity contribution in [2.75, 3.05) is 0 Å². The number of benzene rings is 1. The van der Waals surface area contributed by atoms with E-state index in [-0.39, 0.29) is 0 Å². The van der Waals surface area contributed by atoms with Crippen molar-refractivity contribution in [3.8, 4) is 16.6 Å². The number of hydrogen-bond donors (Lipinski definition) is 0. The topological polar surface area (TPSA) is 49.6 Å². The Kier molecular flexibility index (Phi) is 2.74. The third-order valence-electron chi connectivity index (χ3n) is 1.64. The minimum Gasteiger partial charge on any atom is -0.192 e. The lowest BCUT2D eigenvalue weighted by molar-refractivity contribution is 1.07. The molecule has 1 heterocycles. The Morgan fingerprint density at radius 1 is 1.36 bits per heavy atom. The van der Waals surface area contributed by atoms with Gasteiger partial charge in [0.1, 0.15) is 5.01 Å². The van der Waals surface area contributed by atoms with Crippen LogP contribution in [0.4, 0.5) is 0 Å². The molecule has 1 aromatic carbocycles. The molecule has 0 aliphatic heterocycles. The van der Waals surface area contributed by atoms with Crippen molar-refractivity contribution >= 4 is 33.9 Å². The molecular formula is C9H4IN3S. The average molecular weight is 313 g/mol. The highest BCUT2D eigenvalue weighted by molar-refractivity contribution is 14.1. The van der Waals surface area contributed by atoms with Crippen LogP contribution >= 0.6 is 33.9 Å². The van der Waals surface area contributed by atoms with Crippen molar-refractivity contribution in [3.63, 3.8) is 0 Å². The summed E-state index contributed by atoms with van der Waals surface area (Å²) in [6.07, 6.45) is 0. The molecule has 1 aromatic heterocycles. The Morgan fingerprint density at radius 2 is 2.21 bits per heavy atom. The summed E-state index contributed by atoms with van der Waals surface area (Å²) in [5.41, 5.74) is 1.59. The molecule has 14 heavy (non-hydrogen) atoms. The summed E-state index contributed by atoms with van der Waals surface area (Å²) in [5.74, 6) is 0. The lowest BCUT2D eigenvalue weighted by Gasteiger charge is -1.94. The quantitative estimate of drug-likeness (QED) is 0.761. The molecular weight excluding hydrogens is 309 g/mol. The smallest absolute Gasteiger partial charge is 0.178 e. The van der Waals surface area contributed by atoms with E-state index >= 15 is 0 Å². The first kappa shape index (κ1) is 9.55. The Morgan fingerprint density at radius 3 is 2.86 bits per heavy atom. The lowest BCUT2D eigenvalue weighted by Crippen LogP contribution is -1.78. The van der Waals surface area contributed by atoms with E-state index in [1.807, 2.05) is 18.2 Å². The van der Waals surface area contributed by atoms with Crippen LogP contribution in [-0.2, 0) is 0 Å². The van der Waals surface area contributed by atoms with E-state index in [0.717, 1.165) is 13.6 Å². The molecule has 0 aliphatic carbocycles. The zero-order valence-electron chi connectivity index (χ0n) is 6.94. The molecule has 0 N–H and O–H groups in total. The summed E-state index contributed by atoms with van der Waals surface area (Å²) in [5, 5.41) is 17.5. The Bertz CT molecular complexity index is 501. The van der Waals surface area contributed by atoms with Gasteiger partial charge < -0.3 is 0 Å². The van der Waals surface area contributed by atoms with Gasteiger partial charge in [0.25, 0.3) is 0 Å². The predicted molar refractivity (Wildman–Crippen MR) is 62.8 cm³/mol. The zero-order valence-corrected chi connectivity index (χ0v) is 9.91. The zero-order chi connectivity index (χ0) is 9.97. The van der Waals surface area contributed by atoms with Crippen LogP contribution < -0.4 is 0 Å². The third-order valence-corrected chi connectivity index (χ3v) is 3.28. The molecule has 0 unspecified atom stereocenters. The van der Waals surface area contributed by atoms with Crippen LogP contribution in [0.25, 0.3) is 10.6 Å². The summed E-state index contributed by atoms with van der Waals surface area (Å²) >= 11 is 3.64. The van der Waals surface area contributed by atoms with Gasteiger partial charge in [-0.05, 0) is 34.7 Å². The first-order valence-corrected chi connectivity index (χ1v) is 5.68. The van der Waals surface area contributed by atoms with E-state index < -0.39 is 0 Å². The summed E-state index contributed by atoms with van der Waals surface area (Å²) in [4.78, 5) is 0. The summed E-state index contributed by atoms with van der Waals surface area (Å²) in [6.45, 7) is 0. The predicted octanol–water partition coefficient (Wildman–Crippen LogP) is 2.68. The molecule has 0 spiro atoms. The fourth-order valence-corrected chi connectivity index (χ4v) is 2.35. The van der Waals surface area contributed by atoms with Gasteiger partial charge in [-0.15, -0.1) is 10.2 Å². The number of nitriles is 1. The Balaban J connectivity index is 2.47. The van der Waals surface area contributed by atoms with Crippen LogP contribution in [0.1, 0.15) is 5.56 Å². The maximum absolute atomic E-state index is 8.73. The van der Waals surface area contributed by atoms with Gasteiger partial charge in [-0.2, -0.15) is 5.26 Å².